The molecule has 0 fully saturated rings. The van der Waals surface area contributed by atoms with Crippen LogP contribution in [-0.4, -0.2) is 5.16 Å². The van der Waals surface area contributed by atoms with E-state index in [9.17, 15) is 0 Å². The molecule has 0 aliphatic heterocycles. The molecule has 0 saturated carbocycles. The summed E-state index contributed by atoms with van der Waals surface area (Å²) in [6, 6.07) is 16.3. The SMILES string of the molecule is Cc1cccc(-c2c(-c3ccc(I)cc3)noc2N)c1. The predicted molar refractivity (Wildman–Crippen MR) is 89.2 cm³/mol. The summed E-state index contributed by atoms with van der Waals surface area (Å²) in [4.78, 5) is 0. The van der Waals surface area contributed by atoms with Gasteiger partial charge in [0, 0.05) is 9.13 Å². The Balaban J connectivity index is 2.17. The van der Waals surface area contributed by atoms with Crippen molar-refractivity contribution in [3.05, 3.63) is 57.7 Å². The van der Waals surface area contributed by atoms with Crippen LogP contribution in [0.1, 0.15) is 5.56 Å². The molecule has 1 aromatic heterocycles. The molecule has 0 radical (unpaired) electrons. The standard InChI is InChI=1S/C16H13IN2O/c1-10-3-2-4-12(9-10)14-15(19-20-16(14)18)11-5-7-13(17)8-6-11/h2-9H,18H2,1H3. The summed E-state index contributed by atoms with van der Waals surface area (Å²) in [5.41, 5.74) is 10.8. The molecule has 0 bridgehead atoms. The highest BCUT2D eigenvalue weighted by atomic mass is 127. The van der Waals surface area contributed by atoms with Crippen LogP contribution >= 0.6 is 22.6 Å². The van der Waals surface area contributed by atoms with E-state index in [4.69, 9.17) is 10.3 Å². The van der Waals surface area contributed by atoms with Gasteiger partial charge in [0.1, 0.15) is 5.69 Å². The first-order valence-corrected chi connectivity index (χ1v) is 7.31. The van der Waals surface area contributed by atoms with Gasteiger partial charge in [0.05, 0.1) is 5.56 Å². The molecule has 3 rings (SSSR count). The van der Waals surface area contributed by atoms with E-state index in [1.807, 2.05) is 36.4 Å². The first kappa shape index (κ1) is 13.2. The van der Waals surface area contributed by atoms with Crippen LogP contribution in [-0.2, 0) is 0 Å². The summed E-state index contributed by atoms with van der Waals surface area (Å²) < 4.78 is 6.38. The number of nitrogens with two attached hydrogens (primary N) is 1. The molecule has 0 unspecified atom stereocenters. The van der Waals surface area contributed by atoms with E-state index in [1.54, 1.807) is 0 Å². The molecule has 2 aromatic carbocycles. The molecule has 2 N–H and O–H groups in total. The number of hydrogen-bond donors (Lipinski definition) is 1. The van der Waals surface area contributed by atoms with Crippen LogP contribution in [0.5, 0.6) is 0 Å². The smallest absolute Gasteiger partial charge is 0.230 e. The monoisotopic (exact) mass is 376 g/mol. The van der Waals surface area contributed by atoms with Crippen molar-refractivity contribution < 1.29 is 4.52 Å². The lowest BCUT2D eigenvalue weighted by molar-refractivity contribution is 0.439. The van der Waals surface area contributed by atoms with Gasteiger partial charge in [0.2, 0.25) is 5.88 Å². The zero-order valence-corrected chi connectivity index (χ0v) is 13.1. The highest BCUT2D eigenvalue weighted by Crippen LogP contribution is 2.36. The second-order valence-electron chi connectivity index (χ2n) is 4.65. The molecule has 20 heavy (non-hydrogen) atoms. The first-order valence-electron chi connectivity index (χ1n) is 6.23. The van der Waals surface area contributed by atoms with Gasteiger partial charge in [-0.3, -0.25) is 0 Å². The van der Waals surface area contributed by atoms with E-state index in [2.05, 4.69) is 46.8 Å². The van der Waals surface area contributed by atoms with Crippen LogP contribution in [0.15, 0.2) is 53.1 Å². The maximum Gasteiger partial charge on any atom is 0.230 e. The molecule has 1 heterocycles. The maximum absolute atomic E-state index is 5.96. The molecular formula is C16H13IN2O. The van der Waals surface area contributed by atoms with Crippen LogP contribution in [0.3, 0.4) is 0 Å². The third kappa shape index (κ3) is 2.43. The molecule has 100 valence electrons. The van der Waals surface area contributed by atoms with Crippen molar-refractivity contribution in [3.63, 3.8) is 0 Å². The van der Waals surface area contributed by atoms with E-state index >= 15 is 0 Å². The van der Waals surface area contributed by atoms with Gasteiger partial charge in [-0.2, -0.15) is 0 Å². The third-order valence-electron chi connectivity index (χ3n) is 3.14. The van der Waals surface area contributed by atoms with Crippen molar-refractivity contribution in [1.82, 2.24) is 5.16 Å². The van der Waals surface area contributed by atoms with Gasteiger partial charge >= 0.3 is 0 Å². The van der Waals surface area contributed by atoms with Crippen LogP contribution in [0, 0.1) is 10.5 Å². The molecule has 0 atom stereocenters. The van der Waals surface area contributed by atoms with Crippen LogP contribution in [0.2, 0.25) is 0 Å². The van der Waals surface area contributed by atoms with E-state index in [0.717, 1.165) is 22.4 Å². The topological polar surface area (TPSA) is 52.0 Å². The Bertz CT molecular complexity index is 747. The average Bonchev–Trinajstić information content (AvgIpc) is 2.81. The summed E-state index contributed by atoms with van der Waals surface area (Å²) in [6.45, 7) is 2.05. The van der Waals surface area contributed by atoms with Crippen LogP contribution < -0.4 is 5.73 Å². The van der Waals surface area contributed by atoms with E-state index < -0.39 is 0 Å². The minimum Gasteiger partial charge on any atom is -0.367 e. The lowest BCUT2D eigenvalue weighted by Crippen LogP contribution is -1.88. The van der Waals surface area contributed by atoms with Gasteiger partial charge in [-0.25, -0.2) is 0 Å². The van der Waals surface area contributed by atoms with Crippen molar-refractivity contribution in [2.45, 2.75) is 6.92 Å². The van der Waals surface area contributed by atoms with Crippen molar-refractivity contribution in [1.29, 1.82) is 0 Å². The number of nitrogen functional groups attached to an aromatic ring is 1. The van der Waals surface area contributed by atoms with Gasteiger partial charge in [0.15, 0.2) is 0 Å². The number of benzene rings is 2. The second-order valence-corrected chi connectivity index (χ2v) is 5.89. The third-order valence-corrected chi connectivity index (χ3v) is 3.86. The van der Waals surface area contributed by atoms with Gasteiger partial charge in [-0.15, -0.1) is 0 Å². The first-order chi connectivity index (χ1) is 9.65. The molecule has 0 amide bonds. The number of aryl methyl sites for hydroxylation is 1. The van der Waals surface area contributed by atoms with Crippen molar-refractivity contribution in [2.24, 2.45) is 0 Å². The quantitative estimate of drug-likeness (QED) is 0.670. The molecule has 0 aliphatic carbocycles. The Morgan fingerprint density at radius 2 is 1.80 bits per heavy atom. The fraction of sp³-hybridized carbons (Fsp3) is 0.0625. The highest BCUT2D eigenvalue weighted by Gasteiger charge is 2.17. The number of halogens is 1. The van der Waals surface area contributed by atoms with E-state index in [-0.39, 0.29) is 0 Å². The molecule has 0 saturated heterocycles. The Morgan fingerprint density at radius 1 is 1.05 bits per heavy atom. The van der Waals surface area contributed by atoms with Crippen molar-refractivity contribution >= 4 is 28.5 Å². The lowest BCUT2D eigenvalue weighted by atomic mass is 10.00. The Labute approximate surface area is 130 Å². The van der Waals surface area contributed by atoms with Gasteiger partial charge < -0.3 is 10.3 Å². The normalized spacial score (nSPS) is 10.7. The number of nitrogens with zero attached hydrogens (tertiary/aromatic N) is 1. The fourth-order valence-corrected chi connectivity index (χ4v) is 2.55. The summed E-state index contributed by atoms with van der Waals surface area (Å²) in [5, 5.41) is 4.12. The van der Waals surface area contributed by atoms with Crippen LogP contribution in [0.25, 0.3) is 22.4 Å². The van der Waals surface area contributed by atoms with Crippen LogP contribution in [0.4, 0.5) is 5.88 Å². The highest BCUT2D eigenvalue weighted by molar-refractivity contribution is 14.1. The molecule has 4 heteroatoms. The van der Waals surface area contributed by atoms with Gasteiger partial charge in [-0.05, 0) is 47.2 Å². The zero-order chi connectivity index (χ0) is 14.1. The number of anilines is 1. The number of aromatic nitrogens is 1. The minimum absolute atomic E-state index is 0.351. The summed E-state index contributed by atoms with van der Waals surface area (Å²) in [7, 11) is 0. The molecule has 0 spiro atoms. The van der Waals surface area contributed by atoms with E-state index in [0.29, 0.717) is 5.88 Å². The Morgan fingerprint density at radius 3 is 2.50 bits per heavy atom. The van der Waals surface area contributed by atoms with Gasteiger partial charge in [-0.1, -0.05) is 47.1 Å². The fourth-order valence-electron chi connectivity index (χ4n) is 2.19. The maximum atomic E-state index is 5.96. The predicted octanol–water partition coefficient (Wildman–Crippen LogP) is 4.50. The average molecular weight is 376 g/mol. The van der Waals surface area contributed by atoms with Crippen molar-refractivity contribution in [3.8, 4) is 22.4 Å². The Kier molecular flexibility index (Phi) is 3.48. The Hall–Kier alpha value is -1.82. The van der Waals surface area contributed by atoms with Gasteiger partial charge in [0.25, 0.3) is 0 Å². The summed E-state index contributed by atoms with van der Waals surface area (Å²) in [6.07, 6.45) is 0. The number of hydrogen-bond acceptors (Lipinski definition) is 3. The molecule has 3 nitrogen and oxygen atoms in total. The number of rotatable bonds is 2. The molecule has 0 aliphatic rings. The molecular weight excluding hydrogens is 363 g/mol. The van der Waals surface area contributed by atoms with E-state index in [1.165, 1.54) is 9.13 Å². The lowest BCUT2D eigenvalue weighted by Gasteiger charge is -2.04. The minimum atomic E-state index is 0.351. The largest absolute Gasteiger partial charge is 0.367 e. The summed E-state index contributed by atoms with van der Waals surface area (Å²) >= 11 is 2.28. The zero-order valence-electron chi connectivity index (χ0n) is 10.9. The summed E-state index contributed by atoms with van der Waals surface area (Å²) in [5.74, 6) is 0.351. The molecule has 3 aromatic rings. The second kappa shape index (κ2) is 5.28. The van der Waals surface area contributed by atoms with Crippen molar-refractivity contribution in [2.75, 3.05) is 5.73 Å².